The van der Waals surface area contributed by atoms with Crippen LogP contribution in [0.25, 0.3) is 11.0 Å². The summed E-state index contributed by atoms with van der Waals surface area (Å²) in [7, 11) is 0. The van der Waals surface area contributed by atoms with Gasteiger partial charge in [-0.05, 0) is 55.6 Å². The molecule has 21 heavy (non-hydrogen) atoms. The van der Waals surface area contributed by atoms with E-state index in [1.165, 1.54) is 0 Å². The molecule has 0 unspecified atom stereocenters. The number of pyridine rings is 1. The third-order valence-corrected chi connectivity index (χ3v) is 5.00. The Labute approximate surface area is 138 Å². The lowest BCUT2D eigenvalue weighted by molar-refractivity contribution is 0.0872. The first-order valence-electron chi connectivity index (χ1n) is 7.30. The van der Waals surface area contributed by atoms with Crippen molar-refractivity contribution in [2.45, 2.75) is 45.2 Å². The van der Waals surface area contributed by atoms with Gasteiger partial charge in [-0.25, -0.2) is 4.98 Å². The maximum atomic E-state index is 6.00. The Hall–Kier alpha value is -0.650. The van der Waals surface area contributed by atoms with Gasteiger partial charge in [0.1, 0.15) is 16.2 Å². The number of aromatic nitrogens is 3. The largest absolute Gasteiger partial charge is 0.298 e. The highest BCUT2D eigenvalue weighted by Crippen LogP contribution is 2.30. The molecule has 1 saturated heterocycles. The minimum atomic E-state index is 0.248. The van der Waals surface area contributed by atoms with E-state index in [4.69, 9.17) is 16.7 Å². The monoisotopic (exact) mass is 370 g/mol. The Morgan fingerprint density at radius 3 is 2.57 bits per heavy atom. The van der Waals surface area contributed by atoms with Gasteiger partial charge in [0, 0.05) is 18.6 Å². The maximum Gasteiger partial charge on any atom is 0.131 e. The Balaban J connectivity index is 1.81. The van der Waals surface area contributed by atoms with Crippen LogP contribution in [0.1, 0.15) is 39.7 Å². The number of piperidine rings is 1. The van der Waals surface area contributed by atoms with E-state index in [0.29, 0.717) is 11.2 Å². The molecule has 1 aliphatic rings. The molecule has 3 heterocycles. The fraction of sp³-hybridized carbons (Fsp3) is 0.600. The van der Waals surface area contributed by atoms with Gasteiger partial charge in [-0.15, -0.1) is 0 Å². The van der Waals surface area contributed by atoms with Crippen molar-refractivity contribution < 1.29 is 0 Å². The van der Waals surface area contributed by atoms with Crippen molar-refractivity contribution in [3.63, 3.8) is 0 Å². The van der Waals surface area contributed by atoms with Gasteiger partial charge in [0.15, 0.2) is 0 Å². The second-order valence-electron chi connectivity index (χ2n) is 6.66. The highest BCUT2D eigenvalue weighted by Gasteiger charge is 2.28. The minimum absolute atomic E-state index is 0.248. The van der Waals surface area contributed by atoms with Gasteiger partial charge in [0.2, 0.25) is 0 Å². The molecule has 2 aromatic rings. The first-order valence-corrected chi connectivity index (χ1v) is 8.47. The van der Waals surface area contributed by atoms with E-state index in [1.807, 2.05) is 6.20 Å². The van der Waals surface area contributed by atoms with E-state index in [0.717, 1.165) is 41.4 Å². The number of hydrogen-bond donors (Lipinski definition) is 0. The molecule has 0 N–H and O–H groups in total. The molecule has 6 heteroatoms. The van der Waals surface area contributed by atoms with Crippen molar-refractivity contribution in [2.24, 2.45) is 0 Å². The molecule has 0 bridgehead atoms. The van der Waals surface area contributed by atoms with Crippen LogP contribution in [0.4, 0.5) is 0 Å². The van der Waals surface area contributed by atoms with Crippen LogP contribution in [0.5, 0.6) is 0 Å². The zero-order chi connectivity index (χ0) is 15.2. The smallest absolute Gasteiger partial charge is 0.131 e. The van der Waals surface area contributed by atoms with Crippen LogP contribution >= 0.6 is 27.5 Å². The number of halogens is 2. The van der Waals surface area contributed by atoms with Crippen LogP contribution in [0.15, 0.2) is 16.7 Å². The Kier molecular flexibility index (Phi) is 4.01. The summed E-state index contributed by atoms with van der Waals surface area (Å²) < 4.78 is 2.97. The van der Waals surface area contributed by atoms with E-state index in [1.54, 1.807) is 6.07 Å². The average Bonchev–Trinajstić information content (AvgIpc) is 2.82. The van der Waals surface area contributed by atoms with Gasteiger partial charge in [-0.3, -0.25) is 9.58 Å². The summed E-state index contributed by atoms with van der Waals surface area (Å²) in [6.07, 6.45) is 4.26. The van der Waals surface area contributed by atoms with Gasteiger partial charge < -0.3 is 0 Å². The van der Waals surface area contributed by atoms with Crippen LogP contribution in [0.3, 0.4) is 0 Å². The first kappa shape index (κ1) is 15.3. The van der Waals surface area contributed by atoms with Gasteiger partial charge in [0.25, 0.3) is 0 Å². The summed E-state index contributed by atoms with van der Waals surface area (Å²) in [5.74, 6) is 0. The van der Waals surface area contributed by atoms with Crippen LogP contribution in [0.2, 0.25) is 5.15 Å². The quantitative estimate of drug-likeness (QED) is 0.702. The molecule has 3 rings (SSSR count). The Morgan fingerprint density at radius 1 is 1.29 bits per heavy atom. The lowest BCUT2D eigenvalue weighted by Gasteiger charge is -2.40. The molecule has 0 atom stereocenters. The fourth-order valence-electron chi connectivity index (χ4n) is 2.94. The molecular weight excluding hydrogens is 352 g/mol. The molecule has 4 nitrogen and oxygen atoms in total. The van der Waals surface area contributed by atoms with E-state index in [9.17, 15) is 0 Å². The predicted molar refractivity (Wildman–Crippen MR) is 89.8 cm³/mol. The van der Waals surface area contributed by atoms with E-state index >= 15 is 0 Å². The SMILES string of the molecule is CC(C)(C)N1CCC(n2cc3nc(Cl)cc(Br)c3n2)CC1. The molecule has 1 fully saturated rings. The van der Waals surface area contributed by atoms with Crippen LogP contribution in [0, 0.1) is 0 Å². The number of nitrogens with zero attached hydrogens (tertiary/aromatic N) is 4. The molecule has 0 radical (unpaired) electrons. The summed E-state index contributed by atoms with van der Waals surface area (Å²) in [6.45, 7) is 9.05. The molecule has 1 aliphatic heterocycles. The molecule has 0 spiro atoms. The van der Waals surface area contributed by atoms with Crippen molar-refractivity contribution in [3.8, 4) is 0 Å². The van der Waals surface area contributed by atoms with Crippen molar-refractivity contribution >= 4 is 38.6 Å². The molecule has 0 saturated carbocycles. The van der Waals surface area contributed by atoms with Crippen molar-refractivity contribution in [1.29, 1.82) is 0 Å². The lowest BCUT2D eigenvalue weighted by atomic mass is 9.98. The van der Waals surface area contributed by atoms with Crippen LogP contribution in [-0.2, 0) is 0 Å². The minimum Gasteiger partial charge on any atom is -0.298 e. The number of fused-ring (bicyclic) bond motifs is 1. The highest BCUT2D eigenvalue weighted by molar-refractivity contribution is 9.10. The third-order valence-electron chi connectivity index (χ3n) is 4.20. The van der Waals surface area contributed by atoms with Crippen LogP contribution in [-0.4, -0.2) is 38.3 Å². The Bertz CT molecular complexity index is 653. The molecule has 0 amide bonds. The molecule has 0 aromatic carbocycles. The van der Waals surface area contributed by atoms with E-state index in [-0.39, 0.29) is 5.54 Å². The summed E-state index contributed by atoms with van der Waals surface area (Å²) in [6, 6.07) is 2.24. The fourth-order valence-corrected chi connectivity index (χ4v) is 3.77. The van der Waals surface area contributed by atoms with E-state index < -0.39 is 0 Å². The van der Waals surface area contributed by atoms with Gasteiger partial charge in [0.05, 0.1) is 16.7 Å². The summed E-state index contributed by atoms with van der Waals surface area (Å²) in [5.41, 5.74) is 1.99. The molecular formula is C15H20BrClN4. The highest BCUT2D eigenvalue weighted by atomic mass is 79.9. The summed E-state index contributed by atoms with van der Waals surface area (Å²) >= 11 is 9.52. The maximum absolute atomic E-state index is 6.00. The zero-order valence-corrected chi connectivity index (χ0v) is 14.9. The van der Waals surface area contributed by atoms with Crippen molar-refractivity contribution in [1.82, 2.24) is 19.7 Å². The van der Waals surface area contributed by atoms with Gasteiger partial charge in [-0.2, -0.15) is 5.10 Å². The zero-order valence-electron chi connectivity index (χ0n) is 12.6. The van der Waals surface area contributed by atoms with Crippen molar-refractivity contribution in [2.75, 3.05) is 13.1 Å². The van der Waals surface area contributed by atoms with Gasteiger partial charge >= 0.3 is 0 Å². The normalized spacial score (nSPS) is 18.5. The average molecular weight is 372 g/mol. The standard InChI is InChI=1S/C15H20BrClN4/c1-15(2,3)20-6-4-10(5-7-20)21-9-12-14(19-21)11(16)8-13(17)18-12/h8-10H,4-7H2,1-3H3. The summed E-state index contributed by atoms with van der Waals surface area (Å²) in [4.78, 5) is 6.89. The Morgan fingerprint density at radius 2 is 1.95 bits per heavy atom. The predicted octanol–water partition coefficient (Wildman–Crippen LogP) is 4.28. The molecule has 2 aromatic heterocycles. The van der Waals surface area contributed by atoms with Crippen molar-refractivity contribution in [3.05, 3.63) is 21.9 Å². The number of hydrogen-bond acceptors (Lipinski definition) is 3. The second kappa shape index (κ2) is 5.52. The second-order valence-corrected chi connectivity index (χ2v) is 7.90. The van der Waals surface area contributed by atoms with Crippen LogP contribution < -0.4 is 0 Å². The van der Waals surface area contributed by atoms with E-state index in [2.05, 4.69) is 51.3 Å². The number of rotatable bonds is 1. The molecule has 114 valence electrons. The first-order chi connectivity index (χ1) is 9.84. The summed E-state index contributed by atoms with van der Waals surface area (Å²) in [5, 5.41) is 5.19. The third kappa shape index (κ3) is 3.10. The van der Waals surface area contributed by atoms with Gasteiger partial charge in [-0.1, -0.05) is 11.6 Å². The topological polar surface area (TPSA) is 34.0 Å². The number of likely N-dealkylation sites (tertiary alicyclic amines) is 1. The molecule has 0 aliphatic carbocycles. The lowest BCUT2D eigenvalue weighted by Crippen LogP contribution is -2.46.